The number of primary amides is 1. The molecule has 4 aliphatic carbocycles. The average Bonchev–Trinajstić information content (AvgIpc) is 3.51. The summed E-state index contributed by atoms with van der Waals surface area (Å²) < 4.78 is 0. The zero-order chi connectivity index (χ0) is 31.7. The minimum absolute atomic E-state index is 0.00344. The van der Waals surface area contributed by atoms with Gasteiger partial charge in [0.2, 0.25) is 5.78 Å². The molecule has 0 aromatic heterocycles. The van der Waals surface area contributed by atoms with Gasteiger partial charge in [-0.3, -0.25) is 24.1 Å². The quantitative estimate of drug-likeness (QED) is 0.281. The molecule has 2 amide bonds. The van der Waals surface area contributed by atoms with Crippen LogP contribution >= 0.6 is 0 Å². The molecule has 0 bridgehead atoms. The number of hydrogen-bond acceptors (Lipinski definition) is 9. The normalized spacial score (nSPS) is 25.9. The van der Waals surface area contributed by atoms with Crippen LogP contribution in [0.15, 0.2) is 82.9 Å². The molecule has 0 aliphatic heterocycles. The summed E-state index contributed by atoms with van der Waals surface area (Å²) in [5.41, 5.74) is 4.66. The van der Waals surface area contributed by atoms with E-state index in [1.165, 1.54) is 11.0 Å². The summed E-state index contributed by atoms with van der Waals surface area (Å²) in [4.78, 5) is 53.6. The fraction of sp³-hybridized carbons (Fsp3) is 0.273. The second kappa shape index (κ2) is 10.3. The van der Waals surface area contributed by atoms with Gasteiger partial charge in [0.25, 0.3) is 11.8 Å². The number of aromatic hydroxyl groups is 1. The lowest BCUT2D eigenvalue weighted by atomic mass is 9.58. The van der Waals surface area contributed by atoms with E-state index in [-0.39, 0.29) is 35.6 Å². The third kappa shape index (κ3) is 4.19. The molecular formula is C33H31N3O8. The van der Waals surface area contributed by atoms with Crippen molar-refractivity contribution in [3.63, 3.8) is 0 Å². The van der Waals surface area contributed by atoms with Gasteiger partial charge in [-0.15, -0.1) is 0 Å². The number of aliphatic hydroxyl groups is 3. The Kier molecular flexibility index (Phi) is 6.82. The fourth-order valence-corrected chi connectivity index (χ4v) is 7.08. The molecule has 4 atom stereocenters. The standard InChI is InChI=1S/C33H31N3O8/c1-36(2)26-21-14-17-13-20-19(15-7-9-18(10-8-15)35-32(43)16-5-3-4-6-16)11-12-22(37)24(20)27(38)23(17)29(40)33(21,44)30(41)25(28(26)39)31(34)42/h3-5,7-12,17,21,26,37,39-40,44H,6,13-14H2,1-2H3,(H2,34,42)(H,35,43). The zero-order valence-electron chi connectivity index (χ0n) is 24.0. The highest BCUT2D eigenvalue weighted by molar-refractivity contribution is 6.25. The topological polar surface area (TPSA) is 190 Å². The summed E-state index contributed by atoms with van der Waals surface area (Å²) in [6.45, 7) is 0. The van der Waals surface area contributed by atoms with Crippen LogP contribution in [-0.4, -0.2) is 74.4 Å². The van der Waals surface area contributed by atoms with Crippen LogP contribution in [0.1, 0.15) is 28.8 Å². The van der Waals surface area contributed by atoms with Crippen molar-refractivity contribution >= 4 is 29.1 Å². The van der Waals surface area contributed by atoms with Gasteiger partial charge in [-0.1, -0.05) is 36.4 Å². The monoisotopic (exact) mass is 597 g/mol. The zero-order valence-corrected chi connectivity index (χ0v) is 24.0. The maximum atomic E-state index is 14.0. The maximum Gasteiger partial charge on any atom is 0.255 e. The molecule has 4 unspecified atom stereocenters. The van der Waals surface area contributed by atoms with Gasteiger partial charge < -0.3 is 31.5 Å². The molecule has 0 spiro atoms. The first-order chi connectivity index (χ1) is 20.9. The minimum Gasteiger partial charge on any atom is -0.510 e. The van der Waals surface area contributed by atoms with E-state index in [4.69, 9.17) is 5.73 Å². The van der Waals surface area contributed by atoms with Gasteiger partial charge in [0, 0.05) is 22.8 Å². The van der Waals surface area contributed by atoms with E-state index in [9.17, 15) is 39.6 Å². The summed E-state index contributed by atoms with van der Waals surface area (Å²) in [7, 11) is 3.16. The van der Waals surface area contributed by atoms with E-state index in [0.717, 1.165) is 0 Å². The molecule has 0 heterocycles. The number of amides is 2. The summed E-state index contributed by atoms with van der Waals surface area (Å²) in [6, 6.07) is 9.01. The number of ketones is 2. The number of likely N-dealkylation sites (N-methyl/N-ethyl adjacent to an activating group) is 1. The number of nitrogens with two attached hydrogens (primary N) is 1. The van der Waals surface area contributed by atoms with E-state index in [2.05, 4.69) is 5.32 Å². The summed E-state index contributed by atoms with van der Waals surface area (Å²) >= 11 is 0. The molecule has 0 radical (unpaired) electrons. The molecule has 11 nitrogen and oxygen atoms in total. The fourth-order valence-electron chi connectivity index (χ4n) is 7.08. The molecule has 11 heteroatoms. The van der Waals surface area contributed by atoms with Gasteiger partial charge in [-0.2, -0.15) is 0 Å². The Morgan fingerprint density at radius 3 is 2.36 bits per heavy atom. The van der Waals surface area contributed by atoms with Crippen molar-refractivity contribution in [1.29, 1.82) is 0 Å². The predicted octanol–water partition coefficient (Wildman–Crippen LogP) is 2.61. The lowest BCUT2D eigenvalue weighted by molar-refractivity contribution is -0.148. The number of nitrogens with zero attached hydrogens (tertiary/aromatic N) is 1. The third-order valence-corrected chi connectivity index (χ3v) is 9.12. The molecule has 6 rings (SSSR count). The summed E-state index contributed by atoms with van der Waals surface area (Å²) in [6.07, 6.45) is 6.20. The van der Waals surface area contributed by atoms with Crippen molar-refractivity contribution in [2.24, 2.45) is 17.6 Å². The molecule has 4 aliphatic rings. The Balaban J connectivity index is 1.41. The Labute approximate surface area is 252 Å². The van der Waals surface area contributed by atoms with Gasteiger partial charge in [0.05, 0.1) is 11.6 Å². The number of allylic oxidation sites excluding steroid dienone is 4. The summed E-state index contributed by atoms with van der Waals surface area (Å²) in [5, 5.41) is 47.8. The van der Waals surface area contributed by atoms with Crippen molar-refractivity contribution in [3.05, 3.63) is 94.0 Å². The Morgan fingerprint density at radius 1 is 1.05 bits per heavy atom. The van der Waals surface area contributed by atoms with Crippen LogP contribution in [-0.2, 0) is 20.8 Å². The van der Waals surface area contributed by atoms with Crippen LogP contribution in [0.5, 0.6) is 5.75 Å². The van der Waals surface area contributed by atoms with Crippen molar-refractivity contribution < 1.29 is 39.6 Å². The van der Waals surface area contributed by atoms with Crippen LogP contribution in [0.2, 0.25) is 0 Å². The molecular weight excluding hydrogens is 566 g/mol. The number of aliphatic hydroxyl groups excluding tert-OH is 2. The number of nitrogens with one attached hydrogen (secondary N) is 1. The first kappa shape index (κ1) is 29.1. The molecule has 2 aromatic rings. The van der Waals surface area contributed by atoms with Gasteiger partial charge in [0.1, 0.15) is 22.8 Å². The van der Waals surface area contributed by atoms with Crippen LogP contribution in [0.4, 0.5) is 5.69 Å². The van der Waals surface area contributed by atoms with Gasteiger partial charge in [-0.05, 0) is 74.2 Å². The van der Waals surface area contributed by atoms with Gasteiger partial charge in [-0.25, -0.2) is 0 Å². The minimum atomic E-state index is -2.69. The third-order valence-electron chi connectivity index (χ3n) is 9.12. The Hall–Kier alpha value is -5.00. The van der Waals surface area contributed by atoms with Crippen LogP contribution in [0.25, 0.3) is 11.1 Å². The average molecular weight is 598 g/mol. The molecule has 0 saturated carbocycles. The molecule has 226 valence electrons. The second-order valence-corrected chi connectivity index (χ2v) is 11.8. The van der Waals surface area contributed by atoms with Crippen molar-refractivity contribution in [1.82, 2.24) is 4.90 Å². The highest BCUT2D eigenvalue weighted by Crippen LogP contribution is 2.53. The first-order valence-corrected chi connectivity index (χ1v) is 14.1. The molecule has 7 N–H and O–H groups in total. The SMILES string of the molecule is CN(C)C1C(O)=C(C(N)=O)C(=O)C2(O)C(O)=C3C(=O)c4c(O)ccc(-c5ccc(NC(=O)C6=CC=CC6)cc5)c4CC3CC12. The van der Waals surface area contributed by atoms with Crippen molar-refractivity contribution in [2.45, 2.75) is 30.9 Å². The van der Waals surface area contributed by atoms with Gasteiger partial charge in [0.15, 0.2) is 11.4 Å². The van der Waals surface area contributed by atoms with E-state index < -0.39 is 58.0 Å². The predicted molar refractivity (Wildman–Crippen MR) is 160 cm³/mol. The molecule has 0 fully saturated rings. The van der Waals surface area contributed by atoms with E-state index in [1.54, 1.807) is 50.5 Å². The molecule has 0 saturated heterocycles. The molecule has 44 heavy (non-hydrogen) atoms. The second-order valence-electron chi connectivity index (χ2n) is 11.8. The van der Waals surface area contributed by atoms with E-state index in [1.807, 2.05) is 12.2 Å². The lowest BCUT2D eigenvalue weighted by Gasteiger charge is -2.50. The highest BCUT2D eigenvalue weighted by Gasteiger charge is 2.63. The smallest absolute Gasteiger partial charge is 0.255 e. The summed E-state index contributed by atoms with van der Waals surface area (Å²) in [5.74, 6) is -7.16. The maximum absolute atomic E-state index is 14.0. The van der Waals surface area contributed by atoms with E-state index in [0.29, 0.717) is 34.4 Å². The molecule has 2 aromatic carbocycles. The number of Topliss-reactive ketones (excluding diaryl/α,β-unsaturated/α-hetero) is 2. The number of hydrogen-bond donors (Lipinski definition) is 6. The lowest BCUT2D eigenvalue weighted by Crippen LogP contribution is -2.63. The van der Waals surface area contributed by atoms with Crippen molar-refractivity contribution in [2.75, 3.05) is 19.4 Å². The van der Waals surface area contributed by atoms with E-state index >= 15 is 0 Å². The largest absolute Gasteiger partial charge is 0.510 e. The number of carbonyl (C=O) groups is 4. The number of anilines is 1. The number of fused-ring (bicyclic) bond motifs is 3. The Morgan fingerprint density at radius 2 is 1.75 bits per heavy atom. The number of phenols is 1. The number of rotatable bonds is 5. The highest BCUT2D eigenvalue weighted by atomic mass is 16.3. The first-order valence-electron chi connectivity index (χ1n) is 14.1. The number of benzene rings is 2. The van der Waals surface area contributed by atoms with Crippen LogP contribution < -0.4 is 11.1 Å². The van der Waals surface area contributed by atoms with Gasteiger partial charge >= 0.3 is 0 Å². The van der Waals surface area contributed by atoms with Crippen molar-refractivity contribution in [3.8, 4) is 16.9 Å². The van der Waals surface area contributed by atoms with Crippen LogP contribution in [0, 0.1) is 11.8 Å². The van der Waals surface area contributed by atoms with Crippen LogP contribution in [0.3, 0.4) is 0 Å². The number of phenolic OH excluding ortho intramolecular Hbond substituents is 1. The number of carbonyl (C=O) groups excluding carboxylic acids is 4. The Bertz CT molecular complexity index is 1780.